The number of hydrogen-bond donors (Lipinski definition) is 3. The first-order valence-corrected chi connectivity index (χ1v) is 10.4. The van der Waals surface area contributed by atoms with Gasteiger partial charge in [-0.2, -0.15) is 0 Å². The summed E-state index contributed by atoms with van der Waals surface area (Å²) in [5.41, 5.74) is 0.701. The van der Waals surface area contributed by atoms with E-state index in [0.29, 0.717) is 35.4 Å². The molecule has 0 radical (unpaired) electrons. The summed E-state index contributed by atoms with van der Waals surface area (Å²) in [6, 6.07) is 9.00. The number of allylic oxidation sites excluding steroid dienone is 1. The van der Waals surface area contributed by atoms with Crippen LogP contribution in [0.1, 0.15) is 23.7 Å². The number of hydrogen-bond acceptors (Lipinski definition) is 5. The van der Waals surface area contributed by atoms with Crippen molar-refractivity contribution in [3.8, 4) is 5.75 Å². The Morgan fingerprint density at radius 3 is 2.78 bits per heavy atom. The van der Waals surface area contributed by atoms with Gasteiger partial charge in [0.2, 0.25) is 5.91 Å². The fourth-order valence-electron chi connectivity index (χ4n) is 4.49. The molecular formula is C24H22F2N2O4. The van der Waals surface area contributed by atoms with Crippen LogP contribution in [-0.4, -0.2) is 46.3 Å². The third kappa shape index (κ3) is 3.81. The Labute approximate surface area is 183 Å². The largest absolute Gasteiger partial charge is 0.455 e. The molecule has 166 valence electrons. The van der Waals surface area contributed by atoms with Crippen LogP contribution in [0.15, 0.2) is 59.9 Å². The van der Waals surface area contributed by atoms with Crippen LogP contribution >= 0.6 is 0 Å². The molecule has 2 heterocycles. The topological polar surface area (TPSA) is 82.0 Å². The van der Waals surface area contributed by atoms with Gasteiger partial charge in [-0.25, -0.2) is 8.78 Å². The van der Waals surface area contributed by atoms with Crippen molar-refractivity contribution in [2.45, 2.75) is 24.5 Å². The van der Waals surface area contributed by atoms with Crippen LogP contribution in [0, 0.1) is 11.6 Å². The molecule has 0 unspecified atom stereocenters. The van der Waals surface area contributed by atoms with Crippen molar-refractivity contribution in [2.75, 3.05) is 25.0 Å². The van der Waals surface area contributed by atoms with Crippen LogP contribution in [0.25, 0.3) is 0 Å². The highest BCUT2D eigenvalue weighted by Gasteiger charge is 2.43. The van der Waals surface area contributed by atoms with E-state index in [9.17, 15) is 23.8 Å². The summed E-state index contributed by atoms with van der Waals surface area (Å²) in [4.78, 5) is 13.4. The zero-order chi connectivity index (χ0) is 22.5. The van der Waals surface area contributed by atoms with Crippen molar-refractivity contribution < 1.29 is 28.5 Å². The second kappa shape index (κ2) is 7.81. The summed E-state index contributed by atoms with van der Waals surface area (Å²) >= 11 is 0. The number of para-hydroxylation sites is 1. The lowest BCUT2D eigenvalue weighted by atomic mass is 9.97. The van der Waals surface area contributed by atoms with Crippen molar-refractivity contribution in [1.82, 2.24) is 4.90 Å². The predicted molar refractivity (Wildman–Crippen MR) is 113 cm³/mol. The minimum absolute atomic E-state index is 0.0806. The van der Waals surface area contributed by atoms with Gasteiger partial charge in [-0.15, -0.1) is 0 Å². The van der Waals surface area contributed by atoms with E-state index in [0.717, 1.165) is 0 Å². The third-order valence-corrected chi connectivity index (χ3v) is 6.07. The van der Waals surface area contributed by atoms with Gasteiger partial charge in [-0.1, -0.05) is 18.2 Å². The molecule has 1 saturated heterocycles. The second-order valence-electron chi connectivity index (χ2n) is 8.44. The van der Waals surface area contributed by atoms with Gasteiger partial charge >= 0.3 is 0 Å². The fourth-order valence-corrected chi connectivity index (χ4v) is 4.49. The minimum Gasteiger partial charge on any atom is -0.455 e. The van der Waals surface area contributed by atoms with Gasteiger partial charge in [0.15, 0.2) is 11.6 Å². The number of halogens is 2. The third-order valence-electron chi connectivity index (χ3n) is 6.07. The van der Waals surface area contributed by atoms with E-state index >= 15 is 0 Å². The highest BCUT2D eigenvalue weighted by atomic mass is 19.1. The van der Waals surface area contributed by atoms with Crippen molar-refractivity contribution in [2.24, 2.45) is 0 Å². The number of aryl methyl sites for hydroxylation is 1. The van der Waals surface area contributed by atoms with Crippen molar-refractivity contribution in [3.63, 3.8) is 0 Å². The van der Waals surface area contributed by atoms with Crippen molar-refractivity contribution in [3.05, 3.63) is 82.6 Å². The lowest BCUT2D eigenvalue weighted by molar-refractivity contribution is -0.116. The number of benzene rings is 2. The molecule has 0 saturated carbocycles. The normalized spacial score (nSPS) is 23.2. The second-order valence-corrected chi connectivity index (χ2v) is 8.44. The fraction of sp³-hybridized carbons (Fsp3) is 0.292. The average molecular weight is 440 g/mol. The van der Waals surface area contributed by atoms with Gasteiger partial charge in [-0.3, -0.25) is 9.69 Å². The van der Waals surface area contributed by atoms with Gasteiger partial charge in [-0.05, 0) is 53.5 Å². The summed E-state index contributed by atoms with van der Waals surface area (Å²) in [5.74, 6) is -0.829. The molecular weight excluding hydrogens is 418 g/mol. The summed E-state index contributed by atoms with van der Waals surface area (Å²) in [7, 11) is 0. The predicted octanol–water partition coefficient (Wildman–Crippen LogP) is 2.83. The molecule has 1 amide bonds. The van der Waals surface area contributed by atoms with Gasteiger partial charge in [0.05, 0.1) is 11.8 Å². The Kier molecular flexibility index (Phi) is 5.08. The van der Waals surface area contributed by atoms with Crippen molar-refractivity contribution >= 4 is 11.6 Å². The number of ether oxygens (including phenoxy) is 1. The number of amides is 1. The van der Waals surface area contributed by atoms with Gasteiger partial charge in [0.1, 0.15) is 17.2 Å². The molecule has 8 heteroatoms. The van der Waals surface area contributed by atoms with Crippen LogP contribution < -0.4 is 10.1 Å². The Morgan fingerprint density at radius 1 is 1.19 bits per heavy atom. The standard InChI is InChI=1S/C24H22F2N2O4/c25-18-3-1-2-4-21(18)32-17-9-16-11-28(13-24(16,31)10-17)12-20(29)15-7-14-5-6-22(30)27-23(14)19(26)8-15/h1-4,7-10,20,29,31H,5-6,11-13H2,(H,27,30)/t20-,24+/m1/s1. The lowest BCUT2D eigenvalue weighted by Crippen LogP contribution is -2.33. The Morgan fingerprint density at radius 2 is 2.00 bits per heavy atom. The number of nitrogens with one attached hydrogen (secondary N) is 1. The first-order chi connectivity index (χ1) is 15.3. The number of rotatable bonds is 5. The van der Waals surface area contributed by atoms with Crippen molar-refractivity contribution in [1.29, 1.82) is 0 Å². The number of fused-ring (bicyclic) bond motifs is 2. The van der Waals surface area contributed by atoms with E-state index in [1.165, 1.54) is 18.2 Å². The molecule has 3 aliphatic rings. The van der Waals surface area contributed by atoms with E-state index in [-0.39, 0.29) is 36.9 Å². The van der Waals surface area contributed by atoms with Crippen LogP contribution in [-0.2, 0) is 11.2 Å². The van der Waals surface area contributed by atoms with E-state index in [4.69, 9.17) is 4.74 Å². The van der Waals surface area contributed by atoms with Gasteiger partial charge in [0, 0.05) is 26.1 Å². The SMILES string of the molecule is O=C1CCc2cc([C@H](O)CN3CC4=CC(Oc5ccccc5F)=C[C@]4(O)C3)cc(F)c2N1. The highest BCUT2D eigenvalue weighted by Crippen LogP contribution is 2.37. The molecule has 2 atom stereocenters. The molecule has 6 nitrogen and oxygen atoms in total. The smallest absolute Gasteiger partial charge is 0.224 e. The number of nitrogens with zero attached hydrogens (tertiary/aromatic N) is 1. The average Bonchev–Trinajstić information content (AvgIpc) is 3.20. The summed E-state index contributed by atoms with van der Waals surface area (Å²) in [6.07, 6.45) is 2.96. The molecule has 0 bridgehead atoms. The highest BCUT2D eigenvalue weighted by molar-refractivity contribution is 5.94. The Balaban J connectivity index is 1.26. The molecule has 2 aliphatic heterocycles. The van der Waals surface area contributed by atoms with Crippen LogP contribution in [0.5, 0.6) is 5.75 Å². The number of aliphatic hydroxyl groups excluding tert-OH is 1. The van der Waals surface area contributed by atoms with Crippen LogP contribution in [0.4, 0.5) is 14.5 Å². The van der Waals surface area contributed by atoms with E-state index in [1.54, 1.807) is 30.4 Å². The molecule has 0 aromatic heterocycles. The maximum Gasteiger partial charge on any atom is 0.224 e. The van der Waals surface area contributed by atoms with Gasteiger partial charge in [0.25, 0.3) is 0 Å². The quantitative estimate of drug-likeness (QED) is 0.666. The number of β-amino-alcohol motifs (C(OH)–C–C–N with tert-alkyl or cyclic N) is 2. The number of carbonyl (C=O) groups excluding carboxylic acids is 1. The molecule has 5 rings (SSSR count). The Hall–Kier alpha value is -3.07. The molecule has 2 aromatic rings. The minimum atomic E-state index is -1.26. The molecule has 1 aliphatic carbocycles. The molecule has 3 N–H and O–H groups in total. The maximum absolute atomic E-state index is 14.4. The Bertz CT molecular complexity index is 1160. The first kappa shape index (κ1) is 20.8. The number of aliphatic hydroxyl groups is 2. The maximum atomic E-state index is 14.4. The molecule has 0 spiro atoms. The van der Waals surface area contributed by atoms with Crippen LogP contribution in [0.2, 0.25) is 0 Å². The number of carbonyl (C=O) groups is 1. The van der Waals surface area contributed by atoms with Crippen LogP contribution in [0.3, 0.4) is 0 Å². The van der Waals surface area contributed by atoms with E-state index in [2.05, 4.69) is 5.32 Å². The summed E-state index contributed by atoms with van der Waals surface area (Å²) in [6.45, 7) is 0.808. The molecule has 32 heavy (non-hydrogen) atoms. The molecule has 2 aromatic carbocycles. The van der Waals surface area contributed by atoms with E-state index in [1.807, 2.05) is 4.90 Å². The zero-order valence-electron chi connectivity index (χ0n) is 17.1. The van der Waals surface area contributed by atoms with Gasteiger partial charge < -0.3 is 20.3 Å². The lowest BCUT2D eigenvalue weighted by Gasteiger charge is -2.24. The van der Waals surface area contributed by atoms with E-state index < -0.39 is 23.3 Å². The summed E-state index contributed by atoms with van der Waals surface area (Å²) in [5, 5.41) is 24.2. The summed E-state index contributed by atoms with van der Waals surface area (Å²) < 4.78 is 33.8. The number of anilines is 1. The zero-order valence-corrected chi connectivity index (χ0v) is 17.1. The number of likely N-dealkylation sites (tertiary alicyclic amines) is 1. The monoisotopic (exact) mass is 440 g/mol. The molecule has 1 fully saturated rings. The first-order valence-electron chi connectivity index (χ1n) is 10.4.